The van der Waals surface area contributed by atoms with Gasteiger partial charge >= 0.3 is 0 Å². The Bertz CT molecular complexity index is 688. The van der Waals surface area contributed by atoms with E-state index in [9.17, 15) is 0 Å². The first-order valence-corrected chi connectivity index (χ1v) is 8.06. The summed E-state index contributed by atoms with van der Waals surface area (Å²) < 4.78 is 0. The fourth-order valence-electron chi connectivity index (χ4n) is 3.48. The first-order chi connectivity index (χ1) is 10.3. The molecule has 3 nitrogen and oxygen atoms in total. The molecule has 0 atom stereocenters. The number of nitrogens with zero attached hydrogens (tertiary/aromatic N) is 3. The molecule has 1 aromatic carbocycles. The quantitative estimate of drug-likeness (QED) is 0.737. The third-order valence-electron chi connectivity index (χ3n) is 4.56. The van der Waals surface area contributed by atoms with Gasteiger partial charge in [0.1, 0.15) is 5.82 Å². The Labute approximate surface area is 142 Å². The van der Waals surface area contributed by atoms with Gasteiger partial charge in [0.25, 0.3) is 0 Å². The highest BCUT2D eigenvalue weighted by Crippen LogP contribution is 2.32. The van der Waals surface area contributed by atoms with E-state index in [1.165, 1.54) is 29.5 Å². The van der Waals surface area contributed by atoms with E-state index in [4.69, 9.17) is 11.6 Å². The minimum atomic E-state index is 0. The zero-order chi connectivity index (χ0) is 14.2. The molecule has 0 radical (unpaired) electrons. The molecule has 0 amide bonds. The highest BCUT2D eigenvalue weighted by molar-refractivity contribution is 6.28. The predicted molar refractivity (Wildman–Crippen MR) is 92.1 cm³/mol. The summed E-state index contributed by atoms with van der Waals surface area (Å²) in [4.78, 5) is 11.4. The number of aromatic nitrogens is 2. The third-order valence-corrected chi connectivity index (χ3v) is 4.73. The van der Waals surface area contributed by atoms with Gasteiger partial charge in [-0.2, -0.15) is 0 Å². The van der Waals surface area contributed by atoms with Crippen molar-refractivity contribution >= 4 is 29.8 Å². The van der Waals surface area contributed by atoms with Gasteiger partial charge in [-0.05, 0) is 54.8 Å². The molecule has 0 N–H and O–H groups in total. The van der Waals surface area contributed by atoms with Crippen LogP contribution >= 0.6 is 24.0 Å². The van der Waals surface area contributed by atoms with E-state index in [0.29, 0.717) is 5.28 Å². The van der Waals surface area contributed by atoms with Crippen molar-refractivity contribution in [2.24, 2.45) is 0 Å². The van der Waals surface area contributed by atoms with E-state index in [2.05, 4.69) is 39.1 Å². The van der Waals surface area contributed by atoms with Crippen LogP contribution in [0.2, 0.25) is 5.28 Å². The van der Waals surface area contributed by atoms with Gasteiger partial charge in [0.15, 0.2) is 0 Å². The Hall–Kier alpha value is -1.32. The molecule has 2 heterocycles. The summed E-state index contributed by atoms with van der Waals surface area (Å²) in [5, 5.41) is 0.393. The Morgan fingerprint density at radius 1 is 0.955 bits per heavy atom. The Morgan fingerprint density at radius 2 is 1.73 bits per heavy atom. The monoisotopic (exact) mass is 335 g/mol. The molecule has 4 rings (SSSR count). The number of anilines is 1. The second-order valence-corrected chi connectivity index (χ2v) is 6.23. The van der Waals surface area contributed by atoms with Gasteiger partial charge in [-0.1, -0.05) is 24.3 Å². The summed E-state index contributed by atoms with van der Waals surface area (Å²) in [5.41, 5.74) is 5.35. The van der Waals surface area contributed by atoms with Crippen LogP contribution in [0.5, 0.6) is 0 Å². The summed E-state index contributed by atoms with van der Waals surface area (Å²) >= 11 is 6.15. The lowest BCUT2D eigenvalue weighted by Gasteiger charge is -2.32. The van der Waals surface area contributed by atoms with Gasteiger partial charge in [-0.3, -0.25) is 0 Å². The summed E-state index contributed by atoms with van der Waals surface area (Å²) in [7, 11) is 0. The SMILES string of the molecule is Cl.Clc1nc2c(c(N3CCc4ccccc4C3)n1)CCCC2. The van der Waals surface area contributed by atoms with Crippen LogP contribution in [0.1, 0.15) is 35.2 Å². The average Bonchev–Trinajstić information content (AvgIpc) is 2.53. The molecule has 0 saturated heterocycles. The smallest absolute Gasteiger partial charge is 0.224 e. The molecule has 0 unspecified atom stereocenters. The lowest BCUT2D eigenvalue weighted by Crippen LogP contribution is -2.32. The van der Waals surface area contributed by atoms with Crippen molar-refractivity contribution in [2.75, 3.05) is 11.4 Å². The van der Waals surface area contributed by atoms with E-state index in [1.807, 2.05) is 0 Å². The molecule has 2 aliphatic rings. The van der Waals surface area contributed by atoms with E-state index < -0.39 is 0 Å². The molecule has 0 bridgehead atoms. The van der Waals surface area contributed by atoms with Gasteiger partial charge in [0.05, 0.1) is 5.69 Å². The minimum absolute atomic E-state index is 0. The van der Waals surface area contributed by atoms with Crippen molar-refractivity contribution in [3.05, 3.63) is 51.9 Å². The van der Waals surface area contributed by atoms with Crippen LogP contribution in [0.4, 0.5) is 5.82 Å². The summed E-state index contributed by atoms with van der Waals surface area (Å²) in [5.74, 6) is 1.07. The van der Waals surface area contributed by atoms with Gasteiger partial charge in [0.2, 0.25) is 5.28 Å². The number of hydrogen-bond acceptors (Lipinski definition) is 3. The maximum absolute atomic E-state index is 6.15. The van der Waals surface area contributed by atoms with E-state index >= 15 is 0 Å². The van der Waals surface area contributed by atoms with Crippen molar-refractivity contribution in [1.82, 2.24) is 9.97 Å². The summed E-state index contributed by atoms with van der Waals surface area (Å²) in [6.07, 6.45) is 5.64. The molecule has 2 aromatic rings. The fourth-order valence-corrected chi connectivity index (χ4v) is 3.67. The van der Waals surface area contributed by atoms with Crippen molar-refractivity contribution in [3.8, 4) is 0 Å². The molecule has 1 aromatic heterocycles. The average molecular weight is 336 g/mol. The number of halogens is 2. The van der Waals surface area contributed by atoms with Crippen LogP contribution in [-0.2, 0) is 25.8 Å². The van der Waals surface area contributed by atoms with Gasteiger partial charge in [-0.15, -0.1) is 12.4 Å². The van der Waals surface area contributed by atoms with Crippen molar-refractivity contribution in [1.29, 1.82) is 0 Å². The van der Waals surface area contributed by atoms with E-state index in [1.54, 1.807) is 0 Å². The molecule has 1 aliphatic heterocycles. The maximum atomic E-state index is 6.15. The number of benzene rings is 1. The van der Waals surface area contributed by atoms with Gasteiger partial charge in [0, 0.05) is 18.7 Å². The highest BCUT2D eigenvalue weighted by Gasteiger charge is 2.24. The molecule has 116 valence electrons. The van der Waals surface area contributed by atoms with Gasteiger partial charge in [-0.25, -0.2) is 9.97 Å². The standard InChI is InChI=1S/C17H18ClN3.ClH/c18-17-19-15-8-4-3-7-14(15)16(20-17)21-10-9-12-5-1-2-6-13(12)11-21;/h1-2,5-6H,3-4,7-11H2;1H. The number of hydrogen-bond donors (Lipinski definition) is 0. The van der Waals surface area contributed by atoms with Gasteiger partial charge < -0.3 is 4.90 Å². The Morgan fingerprint density at radius 3 is 2.59 bits per heavy atom. The first-order valence-electron chi connectivity index (χ1n) is 7.68. The lowest BCUT2D eigenvalue weighted by molar-refractivity contribution is 0.645. The van der Waals surface area contributed by atoms with Crippen molar-refractivity contribution in [3.63, 3.8) is 0 Å². The van der Waals surface area contributed by atoms with Crippen molar-refractivity contribution in [2.45, 2.75) is 38.6 Å². The Balaban J connectivity index is 0.00000144. The molecular formula is C17H19Cl2N3. The topological polar surface area (TPSA) is 29.0 Å². The normalized spacial score (nSPS) is 16.5. The number of fused-ring (bicyclic) bond motifs is 2. The Kier molecular flexibility index (Phi) is 4.55. The van der Waals surface area contributed by atoms with E-state index in [-0.39, 0.29) is 12.4 Å². The van der Waals surface area contributed by atoms with Crippen LogP contribution < -0.4 is 4.90 Å². The van der Waals surface area contributed by atoms with E-state index in [0.717, 1.165) is 43.9 Å². The second kappa shape index (κ2) is 6.43. The van der Waals surface area contributed by atoms with Crippen molar-refractivity contribution < 1.29 is 0 Å². The first kappa shape index (κ1) is 15.6. The molecular weight excluding hydrogens is 317 g/mol. The van der Waals surface area contributed by atoms with Crippen LogP contribution in [0.3, 0.4) is 0 Å². The predicted octanol–water partition coefficient (Wildman–Crippen LogP) is 3.99. The fraction of sp³-hybridized carbons (Fsp3) is 0.412. The summed E-state index contributed by atoms with van der Waals surface area (Å²) in [6.45, 7) is 1.94. The second-order valence-electron chi connectivity index (χ2n) is 5.89. The number of aryl methyl sites for hydroxylation is 1. The summed E-state index contributed by atoms with van der Waals surface area (Å²) in [6, 6.07) is 8.69. The van der Waals surface area contributed by atoms with Crippen LogP contribution in [0, 0.1) is 0 Å². The largest absolute Gasteiger partial charge is 0.352 e. The number of rotatable bonds is 1. The van der Waals surface area contributed by atoms with Crippen LogP contribution in [0.15, 0.2) is 24.3 Å². The maximum Gasteiger partial charge on any atom is 0.224 e. The van der Waals surface area contributed by atoms with Crippen LogP contribution in [-0.4, -0.2) is 16.5 Å². The zero-order valence-electron chi connectivity index (χ0n) is 12.4. The molecule has 0 spiro atoms. The third kappa shape index (κ3) is 2.80. The zero-order valence-corrected chi connectivity index (χ0v) is 14.0. The lowest BCUT2D eigenvalue weighted by atomic mass is 9.94. The molecule has 0 fully saturated rings. The molecule has 22 heavy (non-hydrogen) atoms. The molecule has 0 saturated carbocycles. The minimum Gasteiger partial charge on any atom is -0.352 e. The highest BCUT2D eigenvalue weighted by atomic mass is 35.5. The van der Waals surface area contributed by atoms with Crippen LogP contribution in [0.25, 0.3) is 0 Å². The molecule has 5 heteroatoms. The molecule has 1 aliphatic carbocycles.